The standard InChI is InChI=1S/C51H38N6O2.Pt/c58-29-37-44(30-59)56-57-28-36-35(27-45(37)57)50-48(33-17-9-3-10-18-33)42-25-23-40(53-42)46(31-13-5-1-6-14-31)38-21-22-39(52-38)47(32-15-7-2-8-16-32)41-24-26-43(54-41)49(51(36)55-50)34-19-11-4-12-20-34;/h1-26,35-36,58-59H,27-30H2;/q-2;+2. The molecule has 0 saturated carbocycles. The fourth-order valence-electron chi connectivity index (χ4n) is 9.33. The van der Waals surface area contributed by atoms with Gasteiger partial charge in [-0.2, -0.15) is 5.10 Å². The Morgan fingerprint density at radius 1 is 0.500 bits per heavy atom. The third-order valence-corrected chi connectivity index (χ3v) is 12.0. The predicted octanol–water partition coefficient (Wildman–Crippen LogP) is 9.71. The summed E-state index contributed by atoms with van der Waals surface area (Å²) in [5, 5.41) is 25.8. The Hall–Kier alpha value is -6.44. The van der Waals surface area contributed by atoms with Crippen LogP contribution in [0.15, 0.2) is 146 Å². The molecule has 0 saturated heterocycles. The van der Waals surface area contributed by atoms with Crippen molar-refractivity contribution >= 4 is 34.2 Å². The van der Waals surface area contributed by atoms with Gasteiger partial charge < -0.3 is 20.2 Å². The smallest absolute Gasteiger partial charge is 0.657 e. The van der Waals surface area contributed by atoms with Crippen LogP contribution in [0.5, 0.6) is 0 Å². The van der Waals surface area contributed by atoms with Crippen molar-refractivity contribution in [1.29, 1.82) is 0 Å². The van der Waals surface area contributed by atoms with E-state index in [4.69, 9.17) is 25.0 Å². The zero-order valence-electron chi connectivity index (χ0n) is 32.4. The Kier molecular flexibility index (Phi) is 9.85. The summed E-state index contributed by atoms with van der Waals surface area (Å²) in [6, 6.07) is 50.0. The molecule has 8 nitrogen and oxygen atoms in total. The van der Waals surface area contributed by atoms with E-state index in [2.05, 4.69) is 133 Å². The van der Waals surface area contributed by atoms with Crippen molar-refractivity contribution in [2.75, 3.05) is 0 Å². The van der Waals surface area contributed by atoms with E-state index in [1.54, 1.807) is 0 Å². The number of hydrogen-bond donors (Lipinski definition) is 2. The molecule has 7 heterocycles. The van der Waals surface area contributed by atoms with E-state index in [0.29, 0.717) is 24.2 Å². The van der Waals surface area contributed by atoms with Gasteiger partial charge in [-0.25, -0.2) is 4.98 Å². The number of nitrogens with zero attached hydrogens (tertiary/aromatic N) is 6. The molecule has 60 heavy (non-hydrogen) atoms. The molecule has 4 aromatic carbocycles. The van der Waals surface area contributed by atoms with Gasteiger partial charge in [-0.05, 0) is 63.1 Å². The molecule has 0 aliphatic carbocycles. The summed E-state index contributed by atoms with van der Waals surface area (Å²) in [4.78, 5) is 22.1. The zero-order chi connectivity index (χ0) is 39.5. The maximum atomic E-state index is 10.6. The van der Waals surface area contributed by atoms with Crippen LogP contribution in [0.25, 0.3) is 78.7 Å². The van der Waals surface area contributed by atoms with Gasteiger partial charge in [0.15, 0.2) is 0 Å². The first kappa shape index (κ1) is 37.8. The maximum Gasteiger partial charge on any atom is 2.00 e. The number of aromatic nitrogens is 6. The van der Waals surface area contributed by atoms with E-state index >= 15 is 0 Å². The largest absolute Gasteiger partial charge is 2.00 e. The van der Waals surface area contributed by atoms with Crippen molar-refractivity contribution in [2.45, 2.75) is 38.0 Å². The van der Waals surface area contributed by atoms with Crippen LogP contribution < -0.4 is 9.97 Å². The van der Waals surface area contributed by atoms with Gasteiger partial charge in [-0.15, -0.1) is 22.1 Å². The molecular weight excluding hydrogens is 924 g/mol. The molecule has 2 unspecified atom stereocenters. The van der Waals surface area contributed by atoms with Crippen LogP contribution in [0.2, 0.25) is 0 Å². The van der Waals surface area contributed by atoms with Crippen molar-refractivity contribution in [2.24, 2.45) is 0 Å². The molecule has 2 N–H and O–H groups in total. The molecule has 8 aromatic rings. The van der Waals surface area contributed by atoms with Crippen molar-refractivity contribution < 1.29 is 31.3 Å². The first-order valence-electron chi connectivity index (χ1n) is 20.0. The van der Waals surface area contributed by atoms with Gasteiger partial charge in [-0.1, -0.05) is 146 Å². The number of hydrogen-bond acceptors (Lipinski definition) is 5. The minimum Gasteiger partial charge on any atom is -0.657 e. The Labute approximate surface area is 361 Å². The Morgan fingerprint density at radius 3 is 1.35 bits per heavy atom. The second-order valence-electron chi connectivity index (χ2n) is 15.3. The normalized spacial score (nSPS) is 15.3. The molecule has 0 amide bonds. The molecule has 4 aromatic heterocycles. The number of benzene rings is 4. The molecule has 0 spiro atoms. The maximum absolute atomic E-state index is 10.6. The summed E-state index contributed by atoms with van der Waals surface area (Å²) in [5.41, 5.74) is 16.8. The second-order valence-corrected chi connectivity index (χ2v) is 15.3. The van der Waals surface area contributed by atoms with Crippen LogP contribution in [0.3, 0.4) is 0 Å². The van der Waals surface area contributed by atoms with E-state index in [1.165, 1.54) is 0 Å². The summed E-state index contributed by atoms with van der Waals surface area (Å²) in [7, 11) is 0. The predicted molar refractivity (Wildman–Crippen MR) is 233 cm³/mol. The zero-order valence-corrected chi connectivity index (χ0v) is 34.7. The van der Waals surface area contributed by atoms with E-state index in [0.717, 1.165) is 95.0 Å². The number of rotatable bonds is 6. The van der Waals surface area contributed by atoms with E-state index in [9.17, 15) is 10.2 Å². The van der Waals surface area contributed by atoms with Crippen molar-refractivity contribution in [1.82, 2.24) is 29.7 Å². The second kappa shape index (κ2) is 15.6. The molecule has 3 aliphatic heterocycles. The molecule has 11 rings (SSSR count). The SMILES string of the molecule is OCc1nn2c(c1CO)CC1c3nc(c(-c4ccccc4)c4ccc([n-]4)c(-c4ccccc4)c4nc(c(-c5ccccc5)c5ccc([n-]5)c3-c3ccccc3)C=C4)C1C2.[Pt+2]. The fraction of sp³-hybridized carbons (Fsp3) is 0.118. The molecular formula is C51H38N6O2Pt. The third kappa shape index (κ3) is 6.31. The Balaban J connectivity index is 0.00000433. The molecule has 9 heteroatoms. The van der Waals surface area contributed by atoms with Crippen LogP contribution in [0.4, 0.5) is 0 Å². The summed E-state index contributed by atoms with van der Waals surface area (Å²) in [6.07, 6.45) is 4.77. The third-order valence-electron chi connectivity index (χ3n) is 12.0. The van der Waals surface area contributed by atoms with E-state index < -0.39 is 0 Å². The van der Waals surface area contributed by atoms with Crippen LogP contribution >= 0.6 is 0 Å². The summed E-state index contributed by atoms with van der Waals surface area (Å²) in [5.74, 6) is -0.189. The van der Waals surface area contributed by atoms with Gasteiger partial charge in [0.1, 0.15) is 0 Å². The monoisotopic (exact) mass is 961 g/mol. The van der Waals surface area contributed by atoms with Gasteiger partial charge in [0.25, 0.3) is 0 Å². The van der Waals surface area contributed by atoms with Gasteiger partial charge in [0, 0.05) is 23.1 Å². The first-order chi connectivity index (χ1) is 29.2. The van der Waals surface area contributed by atoms with Gasteiger partial charge in [0.05, 0.1) is 48.2 Å². The van der Waals surface area contributed by atoms with E-state index in [-0.39, 0.29) is 46.1 Å². The van der Waals surface area contributed by atoms with Crippen LogP contribution in [-0.2, 0) is 47.2 Å². The number of fused-ring (bicyclic) bond motifs is 12. The fourth-order valence-corrected chi connectivity index (χ4v) is 9.33. The van der Waals surface area contributed by atoms with Crippen molar-refractivity contribution in [3.63, 3.8) is 0 Å². The van der Waals surface area contributed by atoms with Crippen LogP contribution in [0.1, 0.15) is 51.6 Å². The molecule has 2 atom stereocenters. The minimum atomic E-state index is -0.244. The van der Waals surface area contributed by atoms with Crippen molar-refractivity contribution in [3.8, 4) is 44.5 Å². The first-order valence-corrected chi connectivity index (χ1v) is 20.0. The van der Waals surface area contributed by atoms with Gasteiger partial charge >= 0.3 is 21.1 Å². The summed E-state index contributed by atoms with van der Waals surface area (Å²) in [6.45, 7) is 0.0752. The average Bonchev–Trinajstić information content (AvgIpc) is 4.15. The molecule has 294 valence electrons. The van der Waals surface area contributed by atoms with Crippen molar-refractivity contribution in [3.05, 3.63) is 185 Å². The summed E-state index contributed by atoms with van der Waals surface area (Å²) >= 11 is 0. The topological polar surface area (TPSA) is 112 Å². The minimum absolute atomic E-state index is 0. The van der Waals surface area contributed by atoms with E-state index in [1.807, 2.05) is 28.9 Å². The number of aliphatic hydroxyl groups is 2. The quantitative estimate of drug-likeness (QED) is 0.171. The molecule has 0 radical (unpaired) electrons. The molecule has 8 bridgehead atoms. The molecule has 3 aliphatic rings. The Bertz CT molecular complexity index is 3080. The Morgan fingerprint density at radius 2 is 0.917 bits per heavy atom. The van der Waals surface area contributed by atoms with Crippen LogP contribution in [-0.4, -0.2) is 30.0 Å². The summed E-state index contributed by atoms with van der Waals surface area (Å²) < 4.78 is 1.98. The van der Waals surface area contributed by atoms with Gasteiger partial charge in [-0.3, -0.25) is 9.67 Å². The van der Waals surface area contributed by atoms with Crippen LogP contribution in [0, 0.1) is 0 Å². The average molecular weight is 962 g/mol. The van der Waals surface area contributed by atoms with Gasteiger partial charge in [0.2, 0.25) is 0 Å². The molecule has 0 fully saturated rings. The number of aliphatic hydroxyl groups excluding tert-OH is 2.